The van der Waals surface area contributed by atoms with Gasteiger partial charge in [-0.15, -0.1) is 0 Å². The lowest BCUT2D eigenvalue weighted by Gasteiger charge is -2.30. The molecule has 0 fully saturated rings. The molecule has 0 nitrogen and oxygen atoms in total. The Morgan fingerprint density at radius 3 is 1.56 bits per heavy atom. The fourth-order valence-electron chi connectivity index (χ4n) is 3.02. The average Bonchev–Trinajstić information content (AvgIpc) is 2.59. The van der Waals surface area contributed by atoms with Crippen LogP contribution in [-0.2, 0) is 10.8 Å². The first-order valence-electron chi connectivity index (χ1n) is 10.8. The van der Waals surface area contributed by atoms with E-state index in [1.807, 2.05) is 0 Å². The number of aryl methyl sites for hydroxylation is 1. The molecule has 0 heterocycles. The summed E-state index contributed by atoms with van der Waals surface area (Å²) in [5, 5.41) is 0. The number of hydrogen-bond donors (Lipinski definition) is 0. The van der Waals surface area contributed by atoms with Gasteiger partial charge in [-0.1, -0.05) is 112 Å². The summed E-state index contributed by atoms with van der Waals surface area (Å²) in [5.41, 5.74) is 4.98. The summed E-state index contributed by atoms with van der Waals surface area (Å²) in [5.74, 6) is 0. The van der Waals surface area contributed by atoms with Crippen LogP contribution in [0.1, 0.15) is 123 Å². The minimum Gasteiger partial charge on any atom is -0.0654 e. The van der Waals surface area contributed by atoms with Crippen LogP contribution in [0.4, 0.5) is 0 Å². The van der Waals surface area contributed by atoms with Gasteiger partial charge >= 0.3 is 0 Å². The molecular formula is C25H46. The largest absolute Gasteiger partial charge is 0.0654 e. The first-order valence-corrected chi connectivity index (χ1v) is 10.8. The van der Waals surface area contributed by atoms with E-state index in [1.54, 1.807) is 0 Å². The zero-order valence-corrected chi connectivity index (χ0v) is 18.9. The Labute approximate surface area is 159 Å². The second kappa shape index (κ2) is 11.8. The molecule has 0 saturated heterocycles. The van der Waals surface area contributed by atoms with Crippen LogP contribution < -0.4 is 0 Å². The molecule has 0 unspecified atom stereocenters. The van der Waals surface area contributed by atoms with Gasteiger partial charge < -0.3 is 0 Å². The van der Waals surface area contributed by atoms with E-state index in [4.69, 9.17) is 0 Å². The maximum atomic E-state index is 2.43. The van der Waals surface area contributed by atoms with Gasteiger partial charge in [0.1, 0.15) is 0 Å². The van der Waals surface area contributed by atoms with E-state index in [2.05, 4.69) is 80.5 Å². The average molecular weight is 347 g/mol. The molecule has 0 aliphatic carbocycles. The van der Waals surface area contributed by atoms with Gasteiger partial charge in [0.25, 0.3) is 0 Å². The van der Waals surface area contributed by atoms with E-state index in [9.17, 15) is 0 Å². The highest BCUT2D eigenvalue weighted by Crippen LogP contribution is 2.34. The smallest absolute Gasteiger partial charge is 0.0103 e. The van der Waals surface area contributed by atoms with E-state index in [-0.39, 0.29) is 10.8 Å². The van der Waals surface area contributed by atoms with Gasteiger partial charge in [0, 0.05) is 0 Å². The lowest BCUT2D eigenvalue weighted by molar-refractivity contribution is 0.486. The van der Waals surface area contributed by atoms with Gasteiger partial charge in [0.2, 0.25) is 0 Å². The fraction of sp³-hybridized carbons (Fsp3) is 0.760. The molecule has 0 aliphatic heterocycles. The minimum atomic E-state index is 0.282. The lowest BCUT2D eigenvalue weighted by atomic mass is 9.75. The third kappa shape index (κ3) is 8.43. The van der Waals surface area contributed by atoms with E-state index >= 15 is 0 Å². The Hall–Kier alpha value is -0.780. The van der Waals surface area contributed by atoms with Crippen molar-refractivity contribution in [2.75, 3.05) is 0 Å². The van der Waals surface area contributed by atoms with Crippen LogP contribution in [0.25, 0.3) is 0 Å². The Bertz CT molecular complexity index is 459. The third-order valence-electron chi connectivity index (χ3n) is 5.97. The first-order chi connectivity index (χ1) is 11.7. The molecule has 0 spiro atoms. The Morgan fingerprint density at radius 2 is 1.16 bits per heavy atom. The summed E-state index contributed by atoms with van der Waals surface area (Å²) in [7, 11) is 0. The summed E-state index contributed by atoms with van der Waals surface area (Å²) < 4.78 is 0. The van der Waals surface area contributed by atoms with Crippen molar-refractivity contribution in [3.63, 3.8) is 0 Å². The maximum Gasteiger partial charge on any atom is -0.0103 e. The summed E-state index contributed by atoms with van der Waals surface area (Å²) in [4.78, 5) is 0. The van der Waals surface area contributed by atoms with Gasteiger partial charge in [-0.3, -0.25) is 0 Å². The molecular weight excluding hydrogens is 300 g/mol. The van der Waals surface area contributed by atoms with Gasteiger partial charge in [-0.2, -0.15) is 0 Å². The van der Waals surface area contributed by atoms with Crippen molar-refractivity contribution >= 4 is 0 Å². The predicted molar refractivity (Wildman–Crippen MR) is 117 cm³/mol. The highest BCUT2D eigenvalue weighted by atomic mass is 14.3. The van der Waals surface area contributed by atoms with Gasteiger partial charge in [-0.05, 0) is 47.3 Å². The molecule has 1 aromatic carbocycles. The normalized spacial score (nSPS) is 11.9. The summed E-state index contributed by atoms with van der Waals surface area (Å²) in [6, 6.07) is 7.02. The maximum absolute atomic E-state index is 2.43. The van der Waals surface area contributed by atoms with Crippen molar-refractivity contribution in [1.82, 2.24) is 0 Å². The second-order valence-corrected chi connectivity index (χ2v) is 8.92. The summed E-state index contributed by atoms with van der Waals surface area (Å²) in [6.45, 7) is 20.6. The van der Waals surface area contributed by atoms with Crippen LogP contribution >= 0.6 is 0 Å². The molecule has 1 rings (SSSR count). The Balaban J connectivity index is 0.000000609. The van der Waals surface area contributed by atoms with Crippen molar-refractivity contribution in [3.8, 4) is 0 Å². The van der Waals surface area contributed by atoms with E-state index in [0.29, 0.717) is 0 Å². The van der Waals surface area contributed by atoms with Crippen LogP contribution in [0.3, 0.4) is 0 Å². The van der Waals surface area contributed by atoms with Gasteiger partial charge in [0.15, 0.2) is 0 Å². The van der Waals surface area contributed by atoms with Crippen molar-refractivity contribution in [2.45, 2.75) is 125 Å². The van der Waals surface area contributed by atoms with Crippen molar-refractivity contribution < 1.29 is 0 Å². The monoisotopic (exact) mass is 346 g/mol. The Morgan fingerprint density at radius 1 is 0.680 bits per heavy atom. The highest BCUT2D eigenvalue weighted by molar-refractivity contribution is 5.39. The molecule has 146 valence electrons. The van der Waals surface area contributed by atoms with E-state index in [0.717, 1.165) is 0 Å². The number of rotatable bonds is 9. The molecule has 1 aromatic rings. The second-order valence-electron chi connectivity index (χ2n) is 8.92. The first kappa shape index (κ1) is 24.2. The SMILES string of the molecule is CCC(C)(C)c1ccc(C)c(C(C)(C)CC)c1.CCCCCCCC. The number of hydrogen-bond acceptors (Lipinski definition) is 0. The molecule has 0 saturated carbocycles. The quantitative estimate of drug-likeness (QED) is 0.392. The molecule has 0 radical (unpaired) electrons. The summed E-state index contributed by atoms with van der Waals surface area (Å²) in [6.07, 6.45) is 10.9. The Kier molecular flexibility index (Phi) is 11.4. The topological polar surface area (TPSA) is 0 Å². The van der Waals surface area contributed by atoms with Crippen LogP contribution in [-0.4, -0.2) is 0 Å². The minimum absolute atomic E-state index is 0.282. The fourth-order valence-corrected chi connectivity index (χ4v) is 3.02. The van der Waals surface area contributed by atoms with Crippen molar-refractivity contribution in [1.29, 1.82) is 0 Å². The number of unbranched alkanes of at least 4 members (excludes halogenated alkanes) is 5. The molecule has 0 amide bonds. The number of benzene rings is 1. The molecule has 0 bridgehead atoms. The molecule has 0 aromatic heterocycles. The third-order valence-corrected chi connectivity index (χ3v) is 5.97. The van der Waals surface area contributed by atoms with Crippen LogP contribution in [0.5, 0.6) is 0 Å². The zero-order chi connectivity index (χ0) is 19.5. The lowest BCUT2D eigenvalue weighted by Crippen LogP contribution is -2.21. The van der Waals surface area contributed by atoms with Gasteiger partial charge in [-0.25, -0.2) is 0 Å². The molecule has 0 atom stereocenters. The zero-order valence-electron chi connectivity index (χ0n) is 18.9. The van der Waals surface area contributed by atoms with Crippen LogP contribution in [0, 0.1) is 6.92 Å². The molecule has 0 heteroatoms. The summed E-state index contributed by atoms with van der Waals surface area (Å²) >= 11 is 0. The standard InChI is InChI=1S/C17H28.C8H18/c1-8-16(4,5)14-11-10-13(3)15(12-14)17(6,7)9-2;1-3-5-7-8-6-4-2/h10-12H,8-9H2,1-7H3;3-8H2,1-2H3. The van der Waals surface area contributed by atoms with Crippen molar-refractivity contribution in [2.24, 2.45) is 0 Å². The molecule has 0 N–H and O–H groups in total. The van der Waals surface area contributed by atoms with Crippen LogP contribution in [0.2, 0.25) is 0 Å². The van der Waals surface area contributed by atoms with Crippen molar-refractivity contribution in [3.05, 3.63) is 34.9 Å². The van der Waals surface area contributed by atoms with E-state index < -0.39 is 0 Å². The van der Waals surface area contributed by atoms with Gasteiger partial charge in [0.05, 0.1) is 0 Å². The van der Waals surface area contributed by atoms with Crippen LogP contribution in [0.15, 0.2) is 18.2 Å². The molecule has 0 aliphatic rings. The molecule has 25 heavy (non-hydrogen) atoms. The van der Waals surface area contributed by atoms with E-state index in [1.165, 1.54) is 68.1 Å². The highest BCUT2D eigenvalue weighted by Gasteiger charge is 2.24. The predicted octanol–water partition coefficient (Wildman–Crippen LogP) is 8.74.